The van der Waals surface area contributed by atoms with Crippen LogP contribution in [0.3, 0.4) is 0 Å². The maximum Gasteiger partial charge on any atom is 0.183 e. The summed E-state index contributed by atoms with van der Waals surface area (Å²) in [6, 6.07) is 6.84. The van der Waals surface area contributed by atoms with Crippen LogP contribution in [0.1, 0.15) is 19.8 Å². The minimum absolute atomic E-state index is 0.584. The van der Waals surface area contributed by atoms with Crippen molar-refractivity contribution in [2.45, 2.75) is 25.8 Å². The van der Waals surface area contributed by atoms with E-state index in [4.69, 9.17) is 0 Å². The van der Waals surface area contributed by atoms with Crippen molar-refractivity contribution in [2.24, 2.45) is 0 Å². The van der Waals surface area contributed by atoms with Gasteiger partial charge in [0.05, 0.1) is 10.2 Å². The quantitative estimate of drug-likeness (QED) is 0.913. The standard InChI is InChI=1S/C14H18BrN3S/c1-10(18-6-2-3-7-18)9-16-14-17-12-8-11(15)4-5-13(12)19-14/h4-5,8,10H,2-3,6-7,9H2,1H3,(H,16,17). The molecule has 0 radical (unpaired) electrons. The summed E-state index contributed by atoms with van der Waals surface area (Å²) in [6.45, 7) is 5.76. The van der Waals surface area contributed by atoms with Gasteiger partial charge in [-0.3, -0.25) is 4.90 Å². The van der Waals surface area contributed by atoms with E-state index in [9.17, 15) is 0 Å². The van der Waals surface area contributed by atoms with Crippen LogP contribution in [-0.2, 0) is 0 Å². The molecule has 2 aromatic rings. The van der Waals surface area contributed by atoms with E-state index in [-0.39, 0.29) is 0 Å². The molecule has 0 spiro atoms. The number of likely N-dealkylation sites (tertiary alicyclic amines) is 1. The van der Waals surface area contributed by atoms with Gasteiger partial charge in [0.25, 0.3) is 0 Å². The van der Waals surface area contributed by atoms with Crippen molar-refractivity contribution in [3.05, 3.63) is 22.7 Å². The summed E-state index contributed by atoms with van der Waals surface area (Å²) in [5.41, 5.74) is 1.07. The molecule has 1 unspecified atom stereocenters. The molecule has 1 atom stereocenters. The van der Waals surface area contributed by atoms with Crippen molar-refractivity contribution in [2.75, 3.05) is 25.0 Å². The van der Waals surface area contributed by atoms with Gasteiger partial charge in [-0.05, 0) is 51.1 Å². The molecular weight excluding hydrogens is 322 g/mol. The predicted octanol–water partition coefficient (Wildman–Crippen LogP) is 3.96. The fraction of sp³-hybridized carbons (Fsp3) is 0.500. The third kappa shape index (κ3) is 3.09. The Hall–Kier alpha value is -0.650. The second-order valence-corrected chi connectivity index (χ2v) is 7.05. The number of anilines is 1. The number of rotatable bonds is 4. The van der Waals surface area contributed by atoms with Gasteiger partial charge in [-0.2, -0.15) is 0 Å². The minimum Gasteiger partial charge on any atom is -0.360 e. The highest BCUT2D eigenvalue weighted by Gasteiger charge is 2.17. The highest BCUT2D eigenvalue weighted by atomic mass is 79.9. The summed E-state index contributed by atoms with van der Waals surface area (Å²) in [5.74, 6) is 0. The molecule has 1 aromatic carbocycles. The number of aromatic nitrogens is 1. The van der Waals surface area contributed by atoms with Gasteiger partial charge in [-0.15, -0.1) is 0 Å². The van der Waals surface area contributed by atoms with Crippen molar-refractivity contribution in [1.82, 2.24) is 9.88 Å². The van der Waals surface area contributed by atoms with Gasteiger partial charge in [0.1, 0.15) is 0 Å². The first-order valence-corrected chi connectivity index (χ1v) is 8.37. The van der Waals surface area contributed by atoms with E-state index in [0.29, 0.717) is 6.04 Å². The number of nitrogens with one attached hydrogen (secondary N) is 1. The van der Waals surface area contributed by atoms with Crippen LogP contribution in [0, 0.1) is 0 Å². The van der Waals surface area contributed by atoms with Crippen LogP contribution < -0.4 is 5.32 Å². The van der Waals surface area contributed by atoms with Crippen LogP contribution >= 0.6 is 27.3 Å². The fourth-order valence-corrected chi connectivity index (χ4v) is 3.72. The molecule has 5 heteroatoms. The Morgan fingerprint density at radius 1 is 1.42 bits per heavy atom. The van der Waals surface area contributed by atoms with Crippen LogP contribution in [0.2, 0.25) is 0 Å². The Labute approximate surface area is 126 Å². The van der Waals surface area contributed by atoms with E-state index in [0.717, 1.165) is 21.7 Å². The highest BCUT2D eigenvalue weighted by Crippen LogP contribution is 2.28. The van der Waals surface area contributed by atoms with E-state index in [1.165, 1.54) is 30.6 Å². The fourth-order valence-electron chi connectivity index (χ4n) is 2.52. The molecule has 0 saturated carbocycles. The molecule has 2 heterocycles. The Morgan fingerprint density at radius 3 is 3.00 bits per heavy atom. The molecule has 3 rings (SSSR count). The van der Waals surface area contributed by atoms with E-state index >= 15 is 0 Å². The zero-order chi connectivity index (χ0) is 13.2. The van der Waals surface area contributed by atoms with Crippen molar-refractivity contribution in [3.8, 4) is 0 Å². The largest absolute Gasteiger partial charge is 0.360 e. The van der Waals surface area contributed by atoms with Gasteiger partial charge in [0.2, 0.25) is 0 Å². The van der Waals surface area contributed by atoms with Crippen molar-refractivity contribution in [1.29, 1.82) is 0 Å². The van der Waals surface area contributed by atoms with Crippen molar-refractivity contribution in [3.63, 3.8) is 0 Å². The van der Waals surface area contributed by atoms with Gasteiger partial charge in [-0.1, -0.05) is 27.3 Å². The molecule has 0 bridgehead atoms. The van der Waals surface area contributed by atoms with Crippen LogP contribution in [0.5, 0.6) is 0 Å². The number of hydrogen-bond donors (Lipinski definition) is 1. The molecule has 1 fully saturated rings. The van der Waals surface area contributed by atoms with E-state index in [1.807, 2.05) is 0 Å². The number of benzene rings is 1. The zero-order valence-electron chi connectivity index (χ0n) is 11.0. The van der Waals surface area contributed by atoms with Crippen LogP contribution in [0.15, 0.2) is 22.7 Å². The molecule has 1 aromatic heterocycles. The first-order chi connectivity index (χ1) is 9.22. The highest BCUT2D eigenvalue weighted by molar-refractivity contribution is 9.10. The Balaban J connectivity index is 1.64. The maximum absolute atomic E-state index is 4.63. The van der Waals surface area contributed by atoms with E-state index in [2.05, 4.69) is 56.3 Å². The molecular formula is C14H18BrN3S. The summed E-state index contributed by atoms with van der Waals surface area (Å²) >= 11 is 5.22. The lowest BCUT2D eigenvalue weighted by molar-refractivity contribution is 0.269. The Morgan fingerprint density at radius 2 is 2.21 bits per heavy atom. The number of thiazole rings is 1. The lowest BCUT2D eigenvalue weighted by atomic mass is 10.3. The molecule has 19 heavy (non-hydrogen) atoms. The average Bonchev–Trinajstić information content (AvgIpc) is 3.04. The summed E-state index contributed by atoms with van der Waals surface area (Å²) in [5, 5.41) is 4.51. The number of halogens is 1. The molecule has 102 valence electrons. The van der Waals surface area contributed by atoms with Gasteiger partial charge >= 0.3 is 0 Å². The number of hydrogen-bond acceptors (Lipinski definition) is 4. The zero-order valence-corrected chi connectivity index (χ0v) is 13.4. The Bertz CT molecular complexity index is 563. The third-order valence-electron chi connectivity index (χ3n) is 3.66. The monoisotopic (exact) mass is 339 g/mol. The molecule has 1 aliphatic rings. The van der Waals surface area contributed by atoms with Gasteiger partial charge < -0.3 is 5.32 Å². The third-order valence-corrected chi connectivity index (χ3v) is 5.15. The van der Waals surface area contributed by atoms with Crippen molar-refractivity contribution < 1.29 is 0 Å². The molecule has 1 N–H and O–H groups in total. The first-order valence-electron chi connectivity index (χ1n) is 6.76. The van der Waals surface area contributed by atoms with Crippen molar-refractivity contribution >= 4 is 42.6 Å². The summed E-state index contributed by atoms with van der Waals surface area (Å²) < 4.78 is 2.32. The number of nitrogens with zero attached hydrogens (tertiary/aromatic N) is 2. The first kappa shape index (κ1) is 13.3. The summed E-state index contributed by atoms with van der Waals surface area (Å²) in [7, 11) is 0. The van der Waals surface area contributed by atoms with Gasteiger partial charge in [0.15, 0.2) is 5.13 Å². The minimum atomic E-state index is 0.584. The second-order valence-electron chi connectivity index (χ2n) is 5.10. The average molecular weight is 340 g/mol. The Kier molecular flexibility index (Phi) is 4.05. The molecule has 0 aliphatic carbocycles. The molecule has 3 nitrogen and oxygen atoms in total. The molecule has 1 aliphatic heterocycles. The lowest BCUT2D eigenvalue weighted by Crippen LogP contribution is -2.35. The smallest absolute Gasteiger partial charge is 0.183 e. The number of fused-ring (bicyclic) bond motifs is 1. The van der Waals surface area contributed by atoms with E-state index in [1.54, 1.807) is 11.3 Å². The summed E-state index contributed by atoms with van der Waals surface area (Å²) in [6.07, 6.45) is 2.69. The molecule has 1 saturated heterocycles. The van der Waals surface area contributed by atoms with Crippen LogP contribution in [-0.4, -0.2) is 35.6 Å². The summed E-state index contributed by atoms with van der Waals surface area (Å²) in [4.78, 5) is 7.18. The maximum atomic E-state index is 4.63. The SMILES string of the molecule is CC(CNc1nc2cc(Br)ccc2s1)N1CCCC1. The molecule has 0 amide bonds. The lowest BCUT2D eigenvalue weighted by Gasteiger charge is -2.23. The van der Waals surface area contributed by atoms with Crippen LogP contribution in [0.25, 0.3) is 10.2 Å². The topological polar surface area (TPSA) is 28.2 Å². The predicted molar refractivity (Wildman–Crippen MR) is 86.1 cm³/mol. The van der Waals surface area contributed by atoms with Gasteiger partial charge in [0, 0.05) is 17.1 Å². The second kappa shape index (κ2) is 5.77. The van der Waals surface area contributed by atoms with Crippen LogP contribution in [0.4, 0.5) is 5.13 Å². The van der Waals surface area contributed by atoms with E-state index < -0.39 is 0 Å². The van der Waals surface area contributed by atoms with Gasteiger partial charge in [-0.25, -0.2) is 4.98 Å². The normalized spacial score (nSPS) is 18.0.